The number of esters is 1. The Balaban J connectivity index is 1.57. The van der Waals surface area contributed by atoms with Crippen LogP contribution in [0, 0.1) is 3.57 Å². The number of thiazole rings is 1. The van der Waals surface area contributed by atoms with Crippen molar-refractivity contribution in [1.82, 2.24) is 9.97 Å². The molecule has 0 bridgehead atoms. The van der Waals surface area contributed by atoms with Gasteiger partial charge in [-0.15, -0.1) is 11.3 Å². The van der Waals surface area contributed by atoms with Crippen LogP contribution in [0.4, 0.5) is 5.13 Å². The molecule has 9 heteroatoms. The molecule has 0 unspecified atom stereocenters. The molecule has 2 N–H and O–H groups in total. The van der Waals surface area contributed by atoms with Crippen LogP contribution in [0.25, 0.3) is 11.3 Å². The van der Waals surface area contributed by atoms with Gasteiger partial charge in [-0.3, -0.25) is 10.1 Å². The van der Waals surface area contributed by atoms with Crippen molar-refractivity contribution in [3.8, 4) is 17.0 Å². The SMILES string of the molecule is COC(=O)c1cc(-c2csc(NC(=O)COc3ccc(I)cc3)n2)c[nH]1. The van der Waals surface area contributed by atoms with Crippen molar-refractivity contribution in [2.24, 2.45) is 0 Å². The number of carbonyl (C=O) groups is 2. The minimum Gasteiger partial charge on any atom is -0.484 e. The van der Waals surface area contributed by atoms with Crippen molar-refractivity contribution in [1.29, 1.82) is 0 Å². The number of H-pyrrole nitrogens is 1. The third kappa shape index (κ3) is 4.61. The van der Waals surface area contributed by atoms with E-state index in [2.05, 4.69) is 42.6 Å². The van der Waals surface area contributed by atoms with Crippen LogP contribution in [0.15, 0.2) is 41.9 Å². The van der Waals surface area contributed by atoms with Crippen LogP contribution in [0.1, 0.15) is 10.5 Å². The number of hydrogen-bond acceptors (Lipinski definition) is 6. The summed E-state index contributed by atoms with van der Waals surface area (Å²) in [5.41, 5.74) is 1.72. The van der Waals surface area contributed by atoms with E-state index in [1.54, 1.807) is 29.8 Å². The fourth-order valence-corrected chi connectivity index (χ4v) is 3.16. The molecule has 0 saturated carbocycles. The molecular formula is C17H14IN3O4S. The monoisotopic (exact) mass is 483 g/mol. The van der Waals surface area contributed by atoms with Crippen LogP contribution in [0.5, 0.6) is 5.75 Å². The zero-order valence-electron chi connectivity index (χ0n) is 13.6. The number of benzene rings is 1. The van der Waals surface area contributed by atoms with E-state index in [1.165, 1.54) is 18.4 Å². The Morgan fingerprint density at radius 2 is 2.08 bits per heavy atom. The first-order valence-corrected chi connectivity index (χ1v) is 9.42. The van der Waals surface area contributed by atoms with Gasteiger partial charge in [0.15, 0.2) is 11.7 Å². The van der Waals surface area contributed by atoms with Crippen molar-refractivity contribution >= 4 is 50.9 Å². The van der Waals surface area contributed by atoms with E-state index < -0.39 is 5.97 Å². The van der Waals surface area contributed by atoms with Gasteiger partial charge in [0.2, 0.25) is 0 Å². The molecule has 1 amide bonds. The Labute approximate surface area is 166 Å². The summed E-state index contributed by atoms with van der Waals surface area (Å²) in [4.78, 5) is 30.6. The van der Waals surface area contributed by atoms with E-state index >= 15 is 0 Å². The molecule has 0 atom stereocenters. The molecule has 0 aliphatic carbocycles. The number of ether oxygens (including phenoxy) is 2. The van der Waals surface area contributed by atoms with Crippen molar-refractivity contribution < 1.29 is 19.1 Å². The molecule has 0 aliphatic heterocycles. The first-order chi connectivity index (χ1) is 12.5. The average molecular weight is 483 g/mol. The first kappa shape index (κ1) is 18.4. The second-order valence-electron chi connectivity index (χ2n) is 5.12. The Bertz CT molecular complexity index is 920. The van der Waals surface area contributed by atoms with E-state index in [0.29, 0.717) is 22.3 Å². The number of halogens is 1. The molecule has 0 radical (unpaired) electrons. The van der Waals surface area contributed by atoms with Crippen LogP contribution in [0.2, 0.25) is 0 Å². The summed E-state index contributed by atoms with van der Waals surface area (Å²) in [5, 5.41) is 4.94. The summed E-state index contributed by atoms with van der Waals surface area (Å²) >= 11 is 3.49. The minimum absolute atomic E-state index is 0.105. The summed E-state index contributed by atoms with van der Waals surface area (Å²) in [5.74, 6) is -0.121. The number of aromatic amines is 1. The maximum absolute atomic E-state index is 12.0. The topological polar surface area (TPSA) is 93.3 Å². The quantitative estimate of drug-likeness (QED) is 0.414. The fraction of sp³-hybridized carbons (Fsp3) is 0.118. The molecule has 2 aromatic heterocycles. The second-order valence-corrected chi connectivity index (χ2v) is 7.23. The molecule has 7 nitrogen and oxygen atoms in total. The molecule has 3 rings (SSSR count). The summed E-state index contributed by atoms with van der Waals surface area (Å²) in [7, 11) is 1.32. The largest absolute Gasteiger partial charge is 0.484 e. The first-order valence-electron chi connectivity index (χ1n) is 7.46. The van der Waals surface area contributed by atoms with E-state index in [1.807, 2.05) is 12.1 Å². The Morgan fingerprint density at radius 3 is 2.81 bits per heavy atom. The van der Waals surface area contributed by atoms with E-state index in [0.717, 1.165) is 9.13 Å². The maximum Gasteiger partial charge on any atom is 0.354 e. The third-order valence-electron chi connectivity index (χ3n) is 3.32. The smallest absolute Gasteiger partial charge is 0.354 e. The molecule has 0 spiro atoms. The van der Waals surface area contributed by atoms with Crippen LogP contribution >= 0.6 is 33.9 Å². The summed E-state index contributed by atoms with van der Waals surface area (Å²) in [6, 6.07) is 9.07. The molecule has 0 aliphatic rings. The van der Waals surface area contributed by atoms with E-state index in [-0.39, 0.29) is 12.5 Å². The zero-order chi connectivity index (χ0) is 18.5. The van der Waals surface area contributed by atoms with Gasteiger partial charge in [0.25, 0.3) is 5.91 Å². The van der Waals surface area contributed by atoms with Crippen LogP contribution < -0.4 is 10.1 Å². The number of methoxy groups -OCH3 is 1. The van der Waals surface area contributed by atoms with Crippen LogP contribution in [-0.2, 0) is 9.53 Å². The Hall–Kier alpha value is -2.40. The Kier molecular flexibility index (Phi) is 5.89. The molecule has 0 saturated heterocycles. The third-order valence-corrected chi connectivity index (χ3v) is 4.80. The summed E-state index contributed by atoms with van der Waals surface area (Å²) < 4.78 is 11.2. The molecule has 134 valence electrons. The number of anilines is 1. The predicted octanol–water partition coefficient (Wildman–Crippen LogP) is 3.55. The van der Waals surface area contributed by atoms with Gasteiger partial charge in [-0.05, 0) is 52.9 Å². The number of nitrogens with zero attached hydrogens (tertiary/aromatic N) is 1. The highest BCUT2D eigenvalue weighted by Gasteiger charge is 2.13. The lowest BCUT2D eigenvalue weighted by Crippen LogP contribution is -2.20. The van der Waals surface area contributed by atoms with Gasteiger partial charge >= 0.3 is 5.97 Å². The summed E-state index contributed by atoms with van der Waals surface area (Å²) in [6.07, 6.45) is 1.66. The highest BCUT2D eigenvalue weighted by Crippen LogP contribution is 2.25. The van der Waals surface area contributed by atoms with Gasteiger partial charge in [0.05, 0.1) is 12.8 Å². The standard InChI is InChI=1S/C17H14IN3O4S/c1-24-16(23)13-6-10(7-19-13)14-9-26-17(20-14)21-15(22)8-25-12-4-2-11(18)3-5-12/h2-7,9,19H,8H2,1H3,(H,20,21,22). The number of amides is 1. The lowest BCUT2D eigenvalue weighted by atomic mass is 10.2. The number of aromatic nitrogens is 2. The van der Waals surface area contributed by atoms with Gasteiger partial charge in [0.1, 0.15) is 11.4 Å². The van der Waals surface area contributed by atoms with Gasteiger partial charge < -0.3 is 14.5 Å². The van der Waals surface area contributed by atoms with E-state index in [9.17, 15) is 9.59 Å². The van der Waals surface area contributed by atoms with Crippen molar-refractivity contribution in [3.05, 3.63) is 51.2 Å². The maximum atomic E-state index is 12.0. The zero-order valence-corrected chi connectivity index (χ0v) is 16.6. The minimum atomic E-state index is -0.451. The normalized spacial score (nSPS) is 10.4. The highest BCUT2D eigenvalue weighted by molar-refractivity contribution is 14.1. The van der Waals surface area contributed by atoms with Gasteiger partial charge in [-0.25, -0.2) is 9.78 Å². The molecule has 2 heterocycles. The van der Waals surface area contributed by atoms with Crippen LogP contribution in [-0.4, -0.2) is 35.6 Å². The fourth-order valence-electron chi connectivity index (χ4n) is 2.07. The molecule has 3 aromatic rings. The number of rotatable bonds is 6. The van der Waals surface area contributed by atoms with Gasteiger partial charge in [-0.2, -0.15) is 0 Å². The van der Waals surface area contributed by atoms with Gasteiger partial charge in [-0.1, -0.05) is 0 Å². The number of hydrogen-bond donors (Lipinski definition) is 2. The predicted molar refractivity (Wildman–Crippen MR) is 107 cm³/mol. The molecule has 26 heavy (non-hydrogen) atoms. The lowest BCUT2D eigenvalue weighted by molar-refractivity contribution is -0.118. The van der Waals surface area contributed by atoms with Crippen molar-refractivity contribution in [2.75, 3.05) is 19.0 Å². The van der Waals surface area contributed by atoms with Gasteiger partial charge in [0, 0.05) is 20.7 Å². The van der Waals surface area contributed by atoms with E-state index in [4.69, 9.17) is 4.74 Å². The number of carbonyl (C=O) groups excluding carboxylic acids is 2. The number of nitrogens with one attached hydrogen (secondary N) is 2. The molecule has 1 aromatic carbocycles. The summed E-state index contributed by atoms with van der Waals surface area (Å²) in [6.45, 7) is -0.105. The molecular weight excluding hydrogens is 469 g/mol. The second kappa shape index (κ2) is 8.32. The average Bonchev–Trinajstić information content (AvgIpc) is 3.30. The highest BCUT2D eigenvalue weighted by atomic mass is 127. The Morgan fingerprint density at radius 1 is 1.31 bits per heavy atom. The van der Waals surface area contributed by atoms with Crippen LogP contribution in [0.3, 0.4) is 0 Å². The molecule has 0 fully saturated rings. The lowest BCUT2D eigenvalue weighted by Gasteiger charge is -2.05. The van der Waals surface area contributed by atoms with Crippen molar-refractivity contribution in [2.45, 2.75) is 0 Å². The van der Waals surface area contributed by atoms with Crippen molar-refractivity contribution in [3.63, 3.8) is 0 Å².